The Morgan fingerprint density at radius 2 is 2.00 bits per heavy atom. The highest BCUT2D eigenvalue weighted by Crippen LogP contribution is 2.27. The lowest BCUT2D eigenvalue weighted by molar-refractivity contribution is 0.349. The Labute approximate surface area is 90.6 Å². The first-order valence-electron chi connectivity index (χ1n) is 5.24. The molecule has 0 fully saturated rings. The number of para-hydroxylation sites is 1. The number of nitrogens with one attached hydrogen (secondary N) is 1. The second-order valence-corrected chi connectivity index (χ2v) is 3.07. The van der Waals surface area contributed by atoms with Gasteiger partial charge in [-0.1, -0.05) is 32.0 Å². The van der Waals surface area contributed by atoms with E-state index in [1.807, 2.05) is 44.2 Å². The second-order valence-electron chi connectivity index (χ2n) is 3.07. The van der Waals surface area contributed by atoms with Crippen LogP contribution in [0.25, 0.3) is 5.57 Å². The van der Waals surface area contributed by atoms with Crippen molar-refractivity contribution >= 4 is 11.3 Å². The molecule has 1 atom stereocenters. The molecule has 0 spiro atoms. The molecule has 0 saturated carbocycles. The van der Waals surface area contributed by atoms with Crippen LogP contribution in [0.15, 0.2) is 30.3 Å². The van der Waals surface area contributed by atoms with Gasteiger partial charge in [-0.05, 0) is 17.7 Å². The topological polar surface area (TPSA) is 58.3 Å². The number of rotatable bonds is 1. The van der Waals surface area contributed by atoms with Crippen LogP contribution in [0.3, 0.4) is 0 Å². The highest BCUT2D eigenvalue weighted by Gasteiger charge is 2.14. The zero-order valence-electron chi connectivity index (χ0n) is 9.20. The van der Waals surface area contributed by atoms with Crippen molar-refractivity contribution in [2.45, 2.75) is 20.0 Å². The zero-order chi connectivity index (χ0) is 11.3. The summed E-state index contributed by atoms with van der Waals surface area (Å²) in [5.41, 5.74) is 8.63. The lowest BCUT2D eigenvalue weighted by Gasteiger charge is -2.22. The lowest BCUT2D eigenvalue weighted by Crippen LogP contribution is -2.30. The van der Waals surface area contributed by atoms with Gasteiger partial charge in [-0.3, -0.25) is 0 Å². The summed E-state index contributed by atoms with van der Waals surface area (Å²) in [4.78, 5) is 0. The van der Waals surface area contributed by atoms with Crippen molar-refractivity contribution in [3.05, 3.63) is 35.9 Å². The fraction of sp³-hybridized carbons (Fsp3) is 0.333. The van der Waals surface area contributed by atoms with Gasteiger partial charge in [0, 0.05) is 11.3 Å². The minimum absolute atomic E-state index is 0.0341. The van der Waals surface area contributed by atoms with Gasteiger partial charge in [0.1, 0.15) is 0 Å². The zero-order valence-corrected chi connectivity index (χ0v) is 9.20. The average molecular weight is 206 g/mol. The highest BCUT2D eigenvalue weighted by molar-refractivity contribution is 5.80. The number of hydrogen-bond donors (Lipinski definition) is 3. The molecule has 0 radical (unpaired) electrons. The van der Waals surface area contributed by atoms with Gasteiger partial charge in [0.15, 0.2) is 0 Å². The summed E-state index contributed by atoms with van der Waals surface area (Å²) >= 11 is 0. The van der Waals surface area contributed by atoms with Crippen LogP contribution in [0.5, 0.6) is 0 Å². The first-order chi connectivity index (χ1) is 7.31. The first kappa shape index (κ1) is 11.8. The van der Waals surface area contributed by atoms with E-state index in [-0.39, 0.29) is 12.8 Å². The predicted octanol–water partition coefficient (Wildman–Crippen LogP) is 1.80. The summed E-state index contributed by atoms with van der Waals surface area (Å²) in [7, 11) is 0. The van der Waals surface area contributed by atoms with Crippen LogP contribution in [-0.4, -0.2) is 17.9 Å². The van der Waals surface area contributed by atoms with E-state index in [1.54, 1.807) is 0 Å². The normalized spacial score (nSPS) is 17.9. The van der Waals surface area contributed by atoms with Gasteiger partial charge in [-0.25, -0.2) is 0 Å². The maximum absolute atomic E-state index is 9.10. The van der Waals surface area contributed by atoms with Crippen LogP contribution >= 0.6 is 0 Å². The molecule has 4 N–H and O–H groups in total. The van der Waals surface area contributed by atoms with E-state index in [0.717, 1.165) is 16.8 Å². The molecule has 2 rings (SSSR count). The number of hydrogen-bond acceptors (Lipinski definition) is 3. The molecule has 1 aromatic rings. The molecule has 0 bridgehead atoms. The van der Waals surface area contributed by atoms with E-state index in [4.69, 9.17) is 10.8 Å². The summed E-state index contributed by atoms with van der Waals surface area (Å²) in [5.74, 6) is 0. The summed E-state index contributed by atoms with van der Waals surface area (Å²) in [6.45, 7) is 4.03. The Bertz CT molecular complexity index is 347. The molecule has 1 heterocycles. The van der Waals surface area contributed by atoms with Gasteiger partial charge in [0.05, 0.1) is 12.8 Å². The Morgan fingerprint density at radius 1 is 1.33 bits per heavy atom. The van der Waals surface area contributed by atoms with Crippen molar-refractivity contribution in [2.24, 2.45) is 5.73 Å². The molecule has 1 aliphatic rings. The molecular weight excluding hydrogens is 188 g/mol. The smallest absolute Gasteiger partial charge is 0.0942 e. The van der Waals surface area contributed by atoms with E-state index < -0.39 is 0 Å². The SMILES string of the molecule is CC.NC1C=C(CO)c2ccccc2N1. The number of fused-ring (bicyclic) bond motifs is 1. The molecule has 0 saturated heterocycles. The molecule has 1 unspecified atom stereocenters. The summed E-state index contributed by atoms with van der Waals surface area (Å²) < 4.78 is 0. The monoisotopic (exact) mass is 206 g/mol. The van der Waals surface area contributed by atoms with Gasteiger partial charge < -0.3 is 16.2 Å². The minimum Gasteiger partial charge on any atom is -0.392 e. The Kier molecular flexibility index (Phi) is 4.34. The molecular formula is C12H18N2O. The Balaban J connectivity index is 0.000000531. The molecule has 0 aliphatic carbocycles. The van der Waals surface area contributed by atoms with Gasteiger partial charge in [0.2, 0.25) is 0 Å². The first-order valence-corrected chi connectivity index (χ1v) is 5.24. The fourth-order valence-corrected chi connectivity index (χ4v) is 1.55. The molecule has 1 aromatic carbocycles. The van der Waals surface area contributed by atoms with Gasteiger partial charge in [-0.2, -0.15) is 0 Å². The number of aliphatic hydroxyl groups excluding tert-OH is 1. The van der Waals surface area contributed by atoms with Crippen LogP contribution < -0.4 is 11.1 Å². The fourth-order valence-electron chi connectivity index (χ4n) is 1.55. The molecule has 0 aromatic heterocycles. The number of benzene rings is 1. The summed E-state index contributed by atoms with van der Waals surface area (Å²) in [6.07, 6.45) is 1.64. The van der Waals surface area contributed by atoms with Crippen LogP contribution in [0.1, 0.15) is 19.4 Å². The molecule has 3 heteroatoms. The third-order valence-electron chi connectivity index (χ3n) is 2.15. The van der Waals surface area contributed by atoms with Crippen LogP contribution in [0.4, 0.5) is 5.69 Å². The third kappa shape index (κ3) is 2.58. The van der Waals surface area contributed by atoms with E-state index >= 15 is 0 Å². The largest absolute Gasteiger partial charge is 0.392 e. The number of nitrogens with two attached hydrogens (primary N) is 1. The van der Waals surface area contributed by atoms with Crippen molar-refractivity contribution in [2.75, 3.05) is 11.9 Å². The number of aliphatic hydroxyl groups is 1. The Morgan fingerprint density at radius 3 is 2.67 bits per heavy atom. The van der Waals surface area contributed by atoms with E-state index in [2.05, 4.69) is 5.32 Å². The molecule has 15 heavy (non-hydrogen) atoms. The van der Waals surface area contributed by atoms with Gasteiger partial charge in [0.25, 0.3) is 0 Å². The van der Waals surface area contributed by atoms with Crippen molar-refractivity contribution in [1.82, 2.24) is 0 Å². The van der Waals surface area contributed by atoms with E-state index in [0.29, 0.717) is 0 Å². The minimum atomic E-state index is -0.197. The van der Waals surface area contributed by atoms with Crippen molar-refractivity contribution in [1.29, 1.82) is 0 Å². The second kappa shape index (κ2) is 5.53. The van der Waals surface area contributed by atoms with Crippen LogP contribution in [0.2, 0.25) is 0 Å². The van der Waals surface area contributed by atoms with Gasteiger partial charge in [-0.15, -0.1) is 0 Å². The van der Waals surface area contributed by atoms with Gasteiger partial charge >= 0.3 is 0 Å². The standard InChI is InChI=1S/C10H12N2O.C2H6/c11-10-5-7(6-13)8-3-1-2-4-9(8)12-10;1-2/h1-5,10,12-13H,6,11H2;1-2H3. The summed E-state index contributed by atoms with van der Waals surface area (Å²) in [6, 6.07) is 7.81. The number of anilines is 1. The van der Waals surface area contributed by atoms with Crippen LogP contribution in [-0.2, 0) is 0 Å². The molecule has 3 nitrogen and oxygen atoms in total. The van der Waals surface area contributed by atoms with E-state index in [1.165, 1.54) is 0 Å². The quantitative estimate of drug-likeness (QED) is 0.656. The van der Waals surface area contributed by atoms with Crippen LogP contribution in [0, 0.1) is 0 Å². The van der Waals surface area contributed by atoms with E-state index in [9.17, 15) is 0 Å². The van der Waals surface area contributed by atoms with Crippen molar-refractivity contribution < 1.29 is 5.11 Å². The average Bonchev–Trinajstić information content (AvgIpc) is 2.30. The highest BCUT2D eigenvalue weighted by atomic mass is 16.3. The third-order valence-corrected chi connectivity index (χ3v) is 2.15. The molecule has 0 amide bonds. The van der Waals surface area contributed by atoms with Crippen molar-refractivity contribution in [3.8, 4) is 0 Å². The lowest BCUT2D eigenvalue weighted by atomic mass is 10.0. The Hall–Kier alpha value is -1.32. The predicted molar refractivity (Wildman–Crippen MR) is 64.5 cm³/mol. The maximum atomic E-state index is 9.10. The molecule has 1 aliphatic heterocycles. The van der Waals surface area contributed by atoms with Crippen molar-refractivity contribution in [3.63, 3.8) is 0 Å². The maximum Gasteiger partial charge on any atom is 0.0942 e. The molecule has 82 valence electrons. The summed E-state index contributed by atoms with van der Waals surface area (Å²) in [5, 5.41) is 12.2.